The molecule has 6 heteroatoms. The van der Waals surface area contributed by atoms with Gasteiger partial charge in [-0.25, -0.2) is 4.98 Å². The maximum Gasteiger partial charge on any atom is 0.311 e. The molecule has 1 saturated heterocycles. The number of carboxylic acid groups (broad SMARTS) is 1. The number of pyridine rings is 1. The van der Waals surface area contributed by atoms with Crippen LogP contribution in [-0.4, -0.2) is 40.0 Å². The lowest BCUT2D eigenvalue weighted by Crippen LogP contribution is -2.50. The third-order valence-electron chi connectivity index (χ3n) is 4.04. The van der Waals surface area contributed by atoms with Crippen LogP contribution in [0.15, 0.2) is 22.9 Å². The molecule has 0 saturated carbocycles. The molecule has 1 aliphatic heterocycles. The van der Waals surface area contributed by atoms with Crippen LogP contribution in [0.4, 0.5) is 0 Å². The number of aromatic nitrogens is 1. The molecule has 2 rings (SSSR count). The van der Waals surface area contributed by atoms with Crippen LogP contribution in [0, 0.1) is 5.41 Å². The van der Waals surface area contributed by atoms with Gasteiger partial charge in [0.2, 0.25) is 0 Å². The second-order valence-corrected chi connectivity index (χ2v) is 6.26. The Kier molecular flexibility index (Phi) is 4.98. The van der Waals surface area contributed by atoms with Crippen LogP contribution in [0.2, 0.25) is 0 Å². The predicted molar refractivity (Wildman–Crippen MR) is 82.1 cm³/mol. The third kappa shape index (κ3) is 3.26. The summed E-state index contributed by atoms with van der Waals surface area (Å²) in [6, 6.07) is 3.41. The first-order chi connectivity index (χ1) is 10.00. The first-order valence-electron chi connectivity index (χ1n) is 7.13. The lowest BCUT2D eigenvalue weighted by molar-refractivity contribution is -0.152. The summed E-state index contributed by atoms with van der Waals surface area (Å²) in [5.74, 6) is -0.955. The maximum atomic E-state index is 12.6. The van der Waals surface area contributed by atoms with Gasteiger partial charge in [0.1, 0.15) is 4.60 Å². The van der Waals surface area contributed by atoms with Crippen LogP contribution in [0.1, 0.15) is 43.0 Å². The van der Waals surface area contributed by atoms with Crippen molar-refractivity contribution in [3.63, 3.8) is 0 Å². The van der Waals surface area contributed by atoms with E-state index >= 15 is 0 Å². The molecule has 1 fully saturated rings. The van der Waals surface area contributed by atoms with Crippen LogP contribution in [0.25, 0.3) is 0 Å². The van der Waals surface area contributed by atoms with E-state index in [4.69, 9.17) is 0 Å². The highest BCUT2D eigenvalue weighted by atomic mass is 79.9. The van der Waals surface area contributed by atoms with Crippen LogP contribution in [0.5, 0.6) is 0 Å². The quantitative estimate of drug-likeness (QED) is 0.843. The van der Waals surface area contributed by atoms with Gasteiger partial charge in [0.25, 0.3) is 5.91 Å². The van der Waals surface area contributed by atoms with Gasteiger partial charge >= 0.3 is 5.97 Å². The molecule has 5 nitrogen and oxygen atoms in total. The van der Waals surface area contributed by atoms with Crippen LogP contribution in [-0.2, 0) is 4.79 Å². The van der Waals surface area contributed by atoms with E-state index in [1.54, 1.807) is 23.2 Å². The molecule has 0 bridgehead atoms. The number of carbonyl (C=O) groups excluding carboxylic acids is 1. The Balaban J connectivity index is 2.23. The number of amides is 1. The molecule has 1 aromatic rings. The van der Waals surface area contributed by atoms with Gasteiger partial charge in [-0.05, 0) is 47.3 Å². The Morgan fingerprint density at radius 2 is 2.29 bits per heavy atom. The molecular weight excluding hydrogens is 336 g/mol. The molecule has 21 heavy (non-hydrogen) atoms. The van der Waals surface area contributed by atoms with E-state index < -0.39 is 11.4 Å². The van der Waals surface area contributed by atoms with Crippen molar-refractivity contribution < 1.29 is 14.7 Å². The zero-order valence-corrected chi connectivity index (χ0v) is 13.6. The molecule has 114 valence electrons. The monoisotopic (exact) mass is 354 g/mol. The number of nitrogens with zero attached hydrogens (tertiary/aromatic N) is 2. The van der Waals surface area contributed by atoms with Gasteiger partial charge < -0.3 is 10.0 Å². The summed E-state index contributed by atoms with van der Waals surface area (Å²) in [6.07, 6.45) is 4.35. The first-order valence-corrected chi connectivity index (χ1v) is 7.92. The Morgan fingerprint density at radius 3 is 2.90 bits per heavy atom. The second kappa shape index (κ2) is 6.56. The molecule has 0 radical (unpaired) electrons. The largest absolute Gasteiger partial charge is 0.481 e. The molecule has 0 aliphatic carbocycles. The van der Waals surface area contributed by atoms with Crippen LogP contribution in [0.3, 0.4) is 0 Å². The minimum Gasteiger partial charge on any atom is -0.481 e. The van der Waals surface area contributed by atoms with Crippen molar-refractivity contribution in [3.05, 3.63) is 28.5 Å². The van der Waals surface area contributed by atoms with E-state index in [9.17, 15) is 14.7 Å². The average Bonchev–Trinajstić information content (AvgIpc) is 2.47. The van der Waals surface area contributed by atoms with Crippen molar-refractivity contribution >= 4 is 27.8 Å². The number of hydrogen-bond acceptors (Lipinski definition) is 3. The van der Waals surface area contributed by atoms with Crippen LogP contribution < -0.4 is 0 Å². The van der Waals surface area contributed by atoms with Crippen LogP contribution >= 0.6 is 15.9 Å². The number of halogens is 1. The fourth-order valence-corrected chi connectivity index (χ4v) is 3.41. The smallest absolute Gasteiger partial charge is 0.311 e. The van der Waals surface area contributed by atoms with Crippen molar-refractivity contribution in [2.45, 2.75) is 32.6 Å². The highest BCUT2D eigenvalue weighted by molar-refractivity contribution is 9.10. The standard InChI is InChI=1S/C15H19BrN2O3/c1-2-6-15(14(20)21)7-4-9-18(10-15)13(19)11-5-3-8-17-12(11)16/h3,5,8H,2,4,6-7,9-10H2,1H3,(H,20,21). The fourth-order valence-electron chi connectivity index (χ4n) is 2.99. The minimum absolute atomic E-state index is 0.156. The Bertz CT molecular complexity index is 545. The molecule has 1 amide bonds. The number of carbonyl (C=O) groups is 2. The Labute approximate surface area is 132 Å². The molecule has 1 aliphatic rings. The number of piperidine rings is 1. The molecular formula is C15H19BrN2O3. The van der Waals surface area contributed by atoms with E-state index in [1.807, 2.05) is 6.92 Å². The van der Waals surface area contributed by atoms with Crippen molar-refractivity contribution in [2.75, 3.05) is 13.1 Å². The predicted octanol–water partition coefficient (Wildman–Crippen LogP) is 2.95. The molecule has 1 N–H and O–H groups in total. The van der Waals surface area contributed by atoms with Gasteiger partial charge in [-0.1, -0.05) is 13.3 Å². The van der Waals surface area contributed by atoms with E-state index in [1.165, 1.54) is 0 Å². The average molecular weight is 355 g/mol. The van der Waals surface area contributed by atoms with Gasteiger partial charge in [0.15, 0.2) is 0 Å². The van der Waals surface area contributed by atoms with Crippen molar-refractivity contribution in [1.29, 1.82) is 0 Å². The number of likely N-dealkylation sites (tertiary alicyclic amines) is 1. The summed E-state index contributed by atoms with van der Waals surface area (Å²) in [7, 11) is 0. The number of rotatable bonds is 4. The SMILES string of the molecule is CCCC1(C(=O)O)CCCN(C(=O)c2cccnc2Br)C1. The summed E-state index contributed by atoms with van der Waals surface area (Å²) in [4.78, 5) is 30.0. The highest BCUT2D eigenvalue weighted by Crippen LogP contribution is 2.35. The Hall–Kier alpha value is -1.43. The molecule has 0 spiro atoms. The first kappa shape index (κ1) is 15.9. The lowest BCUT2D eigenvalue weighted by Gasteiger charge is -2.40. The zero-order chi connectivity index (χ0) is 15.5. The van der Waals surface area contributed by atoms with E-state index in [0.717, 1.165) is 12.8 Å². The Morgan fingerprint density at radius 1 is 1.52 bits per heavy atom. The molecule has 1 atom stereocenters. The summed E-state index contributed by atoms with van der Waals surface area (Å²) in [5, 5.41) is 9.59. The number of aliphatic carboxylic acids is 1. The van der Waals surface area contributed by atoms with Crippen molar-refractivity contribution in [1.82, 2.24) is 9.88 Å². The van der Waals surface area contributed by atoms with Gasteiger partial charge in [-0.15, -0.1) is 0 Å². The van der Waals surface area contributed by atoms with E-state index in [2.05, 4.69) is 20.9 Å². The lowest BCUT2D eigenvalue weighted by atomic mass is 9.76. The molecule has 1 aromatic heterocycles. The van der Waals surface area contributed by atoms with Gasteiger partial charge in [-0.2, -0.15) is 0 Å². The summed E-state index contributed by atoms with van der Waals surface area (Å²) in [5.41, 5.74) is -0.327. The van der Waals surface area contributed by atoms with E-state index in [-0.39, 0.29) is 12.5 Å². The van der Waals surface area contributed by atoms with Crippen molar-refractivity contribution in [2.24, 2.45) is 5.41 Å². The van der Waals surface area contributed by atoms with E-state index in [0.29, 0.717) is 29.6 Å². The fraction of sp³-hybridized carbons (Fsp3) is 0.533. The number of carboxylic acids is 1. The molecule has 0 aromatic carbocycles. The topological polar surface area (TPSA) is 70.5 Å². The normalized spacial score (nSPS) is 22.1. The van der Waals surface area contributed by atoms with Gasteiger partial charge in [-0.3, -0.25) is 9.59 Å². The summed E-state index contributed by atoms with van der Waals surface area (Å²) < 4.78 is 0.497. The highest BCUT2D eigenvalue weighted by Gasteiger charge is 2.43. The van der Waals surface area contributed by atoms with Gasteiger partial charge in [0.05, 0.1) is 11.0 Å². The molecule has 1 unspecified atom stereocenters. The van der Waals surface area contributed by atoms with Gasteiger partial charge in [0, 0.05) is 19.3 Å². The minimum atomic E-state index is -0.808. The number of hydrogen-bond donors (Lipinski definition) is 1. The van der Waals surface area contributed by atoms with Crippen molar-refractivity contribution in [3.8, 4) is 0 Å². The summed E-state index contributed by atoms with van der Waals surface area (Å²) >= 11 is 3.28. The second-order valence-electron chi connectivity index (χ2n) is 5.51. The maximum absolute atomic E-state index is 12.6. The molecule has 2 heterocycles. The zero-order valence-electron chi connectivity index (χ0n) is 12.0. The third-order valence-corrected chi connectivity index (χ3v) is 4.67. The summed E-state index contributed by atoms with van der Waals surface area (Å²) in [6.45, 7) is 2.85.